The summed E-state index contributed by atoms with van der Waals surface area (Å²) in [5, 5.41) is 3.70. The molecule has 0 radical (unpaired) electrons. The number of anilines is 1. The first-order valence-electron chi connectivity index (χ1n) is 8.24. The number of aryl methyl sites for hydroxylation is 1. The molecule has 0 atom stereocenters. The summed E-state index contributed by atoms with van der Waals surface area (Å²) < 4.78 is 0. The van der Waals surface area contributed by atoms with Crippen LogP contribution in [0.4, 0.5) is 5.69 Å². The zero-order valence-corrected chi connectivity index (χ0v) is 14.8. The van der Waals surface area contributed by atoms with Crippen molar-refractivity contribution < 1.29 is 4.79 Å². The first kappa shape index (κ1) is 18.4. The monoisotopic (exact) mass is 344 g/mol. The first-order chi connectivity index (χ1) is 11.7. The van der Waals surface area contributed by atoms with Crippen LogP contribution < -0.4 is 11.1 Å². The number of nitrogens with two attached hydrogens (primary N) is 1. The molecule has 2 aromatic rings. The third-order valence-corrected chi connectivity index (χ3v) is 4.46. The average Bonchev–Trinajstić information content (AvgIpc) is 2.58. The molecule has 0 aliphatic rings. The van der Waals surface area contributed by atoms with Crippen molar-refractivity contribution in [2.45, 2.75) is 49.1 Å². The topological polar surface area (TPSA) is 80.9 Å². The van der Waals surface area contributed by atoms with Crippen LogP contribution in [0.5, 0.6) is 0 Å². The van der Waals surface area contributed by atoms with Gasteiger partial charge in [0.15, 0.2) is 5.16 Å². The molecule has 128 valence electrons. The van der Waals surface area contributed by atoms with Gasteiger partial charge in [-0.25, -0.2) is 9.97 Å². The Morgan fingerprint density at radius 2 is 1.92 bits per heavy atom. The molecule has 0 unspecified atom stereocenters. The van der Waals surface area contributed by atoms with E-state index in [4.69, 9.17) is 5.73 Å². The predicted molar refractivity (Wildman–Crippen MR) is 98.1 cm³/mol. The van der Waals surface area contributed by atoms with Crippen molar-refractivity contribution >= 4 is 23.4 Å². The van der Waals surface area contributed by atoms with E-state index in [9.17, 15) is 4.79 Å². The van der Waals surface area contributed by atoms with E-state index in [0.29, 0.717) is 11.6 Å². The van der Waals surface area contributed by atoms with Crippen LogP contribution in [0.2, 0.25) is 0 Å². The highest BCUT2D eigenvalue weighted by molar-refractivity contribution is 7.99. The summed E-state index contributed by atoms with van der Waals surface area (Å²) in [6.07, 6.45) is 8.09. The van der Waals surface area contributed by atoms with Gasteiger partial charge in [0.05, 0.1) is 0 Å². The number of hydrogen-bond donors (Lipinski definition) is 2. The summed E-state index contributed by atoms with van der Waals surface area (Å²) in [7, 11) is 0. The van der Waals surface area contributed by atoms with E-state index >= 15 is 0 Å². The van der Waals surface area contributed by atoms with Crippen LogP contribution >= 0.6 is 11.8 Å². The van der Waals surface area contributed by atoms with Crippen molar-refractivity contribution in [2.24, 2.45) is 5.73 Å². The van der Waals surface area contributed by atoms with Gasteiger partial charge in [-0.05, 0) is 67.9 Å². The number of benzene rings is 1. The number of hydrogen-bond acceptors (Lipinski definition) is 5. The van der Waals surface area contributed by atoms with E-state index in [1.54, 1.807) is 18.5 Å². The SMILES string of the molecule is Cc1cc(Sc2ncccn2)ccc1NC(=O)CCCCCCN. The fraction of sp³-hybridized carbons (Fsp3) is 0.389. The van der Waals surface area contributed by atoms with Crippen LogP contribution in [0.1, 0.15) is 37.7 Å². The molecule has 0 bridgehead atoms. The minimum atomic E-state index is 0.0673. The number of carbonyl (C=O) groups is 1. The summed E-state index contributed by atoms with van der Waals surface area (Å²) in [6.45, 7) is 2.72. The highest BCUT2D eigenvalue weighted by Crippen LogP contribution is 2.28. The van der Waals surface area contributed by atoms with Crippen molar-refractivity contribution in [2.75, 3.05) is 11.9 Å². The number of unbranched alkanes of at least 4 members (excludes halogenated alkanes) is 3. The van der Waals surface area contributed by atoms with Gasteiger partial charge in [-0.3, -0.25) is 4.79 Å². The van der Waals surface area contributed by atoms with Crippen LogP contribution in [-0.4, -0.2) is 22.4 Å². The van der Waals surface area contributed by atoms with Crippen LogP contribution in [-0.2, 0) is 4.79 Å². The molecule has 3 N–H and O–H groups in total. The van der Waals surface area contributed by atoms with Crippen LogP contribution in [0.3, 0.4) is 0 Å². The number of aromatic nitrogens is 2. The molecule has 0 fully saturated rings. The molecule has 6 heteroatoms. The third kappa shape index (κ3) is 6.29. The van der Waals surface area contributed by atoms with Gasteiger partial charge >= 0.3 is 0 Å². The smallest absolute Gasteiger partial charge is 0.224 e. The first-order valence-corrected chi connectivity index (χ1v) is 9.06. The second-order valence-corrected chi connectivity index (χ2v) is 6.65. The van der Waals surface area contributed by atoms with Crippen molar-refractivity contribution in [3.63, 3.8) is 0 Å². The molecular weight excluding hydrogens is 320 g/mol. The van der Waals surface area contributed by atoms with E-state index in [0.717, 1.165) is 48.4 Å². The second-order valence-electron chi connectivity index (χ2n) is 5.61. The van der Waals surface area contributed by atoms with Crippen LogP contribution in [0.15, 0.2) is 46.7 Å². The minimum absolute atomic E-state index is 0.0673. The number of rotatable bonds is 9. The van der Waals surface area contributed by atoms with Crippen molar-refractivity contribution in [3.8, 4) is 0 Å². The quantitative estimate of drug-likeness (QED) is 0.534. The zero-order valence-electron chi connectivity index (χ0n) is 14.0. The van der Waals surface area contributed by atoms with Gasteiger partial charge < -0.3 is 11.1 Å². The Balaban J connectivity index is 1.84. The molecule has 0 spiro atoms. The van der Waals surface area contributed by atoms with E-state index in [1.165, 1.54) is 11.8 Å². The van der Waals surface area contributed by atoms with E-state index in [-0.39, 0.29) is 5.91 Å². The molecule has 1 aromatic heterocycles. The summed E-state index contributed by atoms with van der Waals surface area (Å²) in [5.74, 6) is 0.0673. The Morgan fingerprint density at radius 1 is 1.17 bits per heavy atom. The zero-order chi connectivity index (χ0) is 17.2. The molecule has 1 amide bonds. The maximum Gasteiger partial charge on any atom is 0.224 e. The summed E-state index contributed by atoms with van der Waals surface area (Å²) in [6, 6.07) is 7.75. The van der Waals surface area contributed by atoms with Crippen LogP contribution in [0, 0.1) is 6.92 Å². The van der Waals surface area contributed by atoms with E-state index in [2.05, 4.69) is 15.3 Å². The third-order valence-electron chi connectivity index (χ3n) is 3.58. The fourth-order valence-electron chi connectivity index (χ4n) is 2.28. The molecule has 2 rings (SSSR count). The Kier molecular flexibility index (Phi) is 7.71. The van der Waals surface area contributed by atoms with Gasteiger partial charge in [-0.2, -0.15) is 0 Å². The lowest BCUT2D eigenvalue weighted by Crippen LogP contribution is -2.12. The highest BCUT2D eigenvalue weighted by atomic mass is 32.2. The van der Waals surface area contributed by atoms with Gasteiger partial charge in [0.25, 0.3) is 0 Å². The van der Waals surface area contributed by atoms with Gasteiger partial charge in [0.1, 0.15) is 0 Å². The Labute approximate surface area is 147 Å². The van der Waals surface area contributed by atoms with Gasteiger partial charge in [-0.1, -0.05) is 12.8 Å². The van der Waals surface area contributed by atoms with Gasteiger partial charge in [-0.15, -0.1) is 0 Å². The number of nitrogens with one attached hydrogen (secondary N) is 1. The normalized spacial score (nSPS) is 10.6. The van der Waals surface area contributed by atoms with Gasteiger partial charge in [0, 0.05) is 29.4 Å². The van der Waals surface area contributed by atoms with E-state index in [1.807, 2.05) is 25.1 Å². The number of nitrogens with zero attached hydrogens (tertiary/aromatic N) is 2. The molecule has 0 aliphatic carbocycles. The summed E-state index contributed by atoms with van der Waals surface area (Å²) >= 11 is 1.51. The lowest BCUT2D eigenvalue weighted by Gasteiger charge is -2.10. The molecule has 0 saturated heterocycles. The Bertz CT molecular complexity index is 649. The Morgan fingerprint density at radius 3 is 2.62 bits per heavy atom. The minimum Gasteiger partial charge on any atom is -0.330 e. The van der Waals surface area contributed by atoms with Crippen molar-refractivity contribution in [1.29, 1.82) is 0 Å². The average molecular weight is 344 g/mol. The van der Waals surface area contributed by atoms with Crippen molar-refractivity contribution in [1.82, 2.24) is 9.97 Å². The summed E-state index contributed by atoms with van der Waals surface area (Å²) in [4.78, 5) is 21.5. The maximum absolute atomic E-state index is 12.0. The lowest BCUT2D eigenvalue weighted by molar-refractivity contribution is -0.116. The maximum atomic E-state index is 12.0. The predicted octanol–water partition coefficient (Wildman–Crippen LogP) is 3.78. The number of carbonyl (C=O) groups excluding carboxylic acids is 1. The molecule has 24 heavy (non-hydrogen) atoms. The lowest BCUT2D eigenvalue weighted by atomic mass is 10.1. The largest absolute Gasteiger partial charge is 0.330 e. The fourth-order valence-corrected chi connectivity index (χ4v) is 3.09. The van der Waals surface area contributed by atoms with Crippen LogP contribution in [0.25, 0.3) is 0 Å². The van der Waals surface area contributed by atoms with E-state index < -0.39 is 0 Å². The molecule has 1 aromatic carbocycles. The number of amides is 1. The molecule has 1 heterocycles. The van der Waals surface area contributed by atoms with Gasteiger partial charge in [0.2, 0.25) is 5.91 Å². The molecule has 5 nitrogen and oxygen atoms in total. The Hall–Kier alpha value is -1.92. The highest BCUT2D eigenvalue weighted by Gasteiger charge is 2.07. The van der Waals surface area contributed by atoms with Crippen molar-refractivity contribution in [3.05, 3.63) is 42.2 Å². The standard InChI is InChI=1S/C18H24N4OS/c1-14-13-15(24-18-20-11-6-12-21-18)8-9-16(14)22-17(23)7-4-2-3-5-10-19/h6,8-9,11-13H,2-5,7,10,19H2,1H3,(H,22,23). The molecule has 0 saturated carbocycles. The molecule has 0 aliphatic heterocycles. The molecular formula is C18H24N4OS. The second kappa shape index (κ2) is 10.1. The summed E-state index contributed by atoms with van der Waals surface area (Å²) in [5.41, 5.74) is 7.36.